The Morgan fingerprint density at radius 3 is 2.75 bits per heavy atom. The number of nitrogen functional groups attached to an aromatic ring is 1. The molecule has 2 N–H and O–H groups in total. The summed E-state index contributed by atoms with van der Waals surface area (Å²) in [6, 6.07) is 2.54. The Labute approximate surface area is 147 Å². The molecule has 0 spiro atoms. The van der Waals surface area contributed by atoms with Gasteiger partial charge in [-0.05, 0) is 50.2 Å². The van der Waals surface area contributed by atoms with E-state index >= 15 is 0 Å². The minimum absolute atomic E-state index is 0.0698. The Kier molecular flexibility index (Phi) is 4.21. The highest BCUT2D eigenvalue weighted by atomic mass is 32.1. The number of hydrogen-bond acceptors (Lipinski definition) is 4. The number of hydrogen-bond donors (Lipinski definition) is 1. The van der Waals surface area contributed by atoms with Gasteiger partial charge < -0.3 is 10.6 Å². The second-order valence-electron chi connectivity index (χ2n) is 7.21. The van der Waals surface area contributed by atoms with Crippen LogP contribution in [0.15, 0.2) is 6.07 Å². The van der Waals surface area contributed by atoms with Crippen LogP contribution < -0.4 is 5.73 Å². The van der Waals surface area contributed by atoms with Crippen molar-refractivity contribution in [2.75, 3.05) is 12.8 Å². The monoisotopic (exact) mass is 343 g/mol. The van der Waals surface area contributed by atoms with Crippen molar-refractivity contribution in [3.05, 3.63) is 22.2 Å². The van der Waals surface area contributed by atoms with Crippen LogP contribution in [0.5, 0.6) is 0 Å². The van der Waals surface area contributed by atoms with Crippen molar-refractivity contribution in [2.45, 2.75) is 63.8 Å². The zero-order valence-corrected chi connectivity index (χ0v) is 15.1. The molecule has 2 aliphatic rings. The van der Waals surface area contributed by atoms with Crippen LogP contribution in [0.1, 0.15) is 65.9 Å². The van der Waals surface area contributed by atoms with E-state index in [-0.39, 0.29) is 5.91 Å². The van der Waals surface area contributed by atoms with Gasteiger partial charge in [0.1, 0.15) is 9.71 Å². The molecule has 0 aromatic carbocycles. The van der Waals surface area contributed by atoms with Crippen LogP contribution in [0.3, 0.4) is 0 Å². The number of anilines is 1. The first kappa shape index (κ1) is 15.9. The zero-order chi connectivity index (χ0) is 16.7. The molecule has 0 radical (unpaired) electrons. The molecule has 2 heterocycles. The lowest BCUT2D eigenvalue weighted by molar-refractivity contribution is 0.0702. The third kappa shape index (κ3) is 2.69. The van der Waals surface area contributed by atoms with Crippen LogP contribution in [-0.4, -0.2) is 28.9 Å². The van der Waals surface area contributed by atoms with Gasteiger partial charge in [-0.15, -0.1) is 11.3 Å². The topological polar surface area (TPSA) is 59.2 Å². The van der Waals surface area contributed by atoms with E-state index in [0.717, 1.165) is 35.9 Å². The first-order valence-electron chi connectivity index (χ1n) is 9.13. The lowest BCUT2D eigenvalue weighted by Crippen LogP contribution is -2.38. The number of thiophene rings is 1. The van der Waals surface area contributed by atoms with Gasteiger partial charge in [0.2, 0.25) is 0 Å². The van der Waals surface area contributed by atoms with E-state index in [4.69, 9.17) is 10.7 Å². The average Bonchev–Trinajstić information content (AvgIpc) is 2.95. The van der Waals surface area contributed by atoms with Gasteiger partial charge in [-0.25, -0.2) is 4.98 Å². The van der Waals surface area contributed by atoms with Crippen LogP contribution in [0.4, 0.5) is 5.69 Å². The van der Waals surface area contributed by atoms with E-state index in [2.05, 4.69) is 6.07 Å². The number of rotatable bonds is 2. The molecule has 24 heavy (non-hydrogen) atoms. The molecule has 1 amide bonds. The molecule has 2 aliphatic carbocycles. The number of nitrogens with zero attached hydrogens (tertiary/aromatic N) is 2. The standard InChI is InChI=1S/C19H25N3OS/c1-22(13-8-3-2-4-9-13)19(23)17-16(20)14-11-12-7-5-6-10-15(12)21-18(14)24-17/h11,13H,2-10,20H2,1H3. The van der Waals surface area contributed by atoms with Gasteiger partial charge in [0.05, 0.1) is 5.69 Å². The Hall–Kier alpha value is -1.62. The van der Waals surface area contributed by atoms with Gasteiger partial charge in [-0.2, -0.15) is 0 Å². The van der Waals surface area contributed by atoms with E-state index in [0.29, 0.717) is 16.6 Å². The van der Waals surface area contributed by atoms with Gasteiger partial charge in [0, 0.05) is 24.2 Å². The molecule has 0 unspecified atom stereocenters. The van der Waals surface area contributed by atoms with Crippen molar-refractivity contribution in [1.82, 2.24) is 9.88 Å². The second-order valence-corrected chi connectivity index (χ2v) is 8.21. The molecule has 2 aromatic rings. The van der Waals surface area contributed by atoms with Gasteiger partial charge >= 0.3 is 0 Å². The Bertz CT molecular complexity index is 777. The van der Waals surface area contributed by atoms with Crippen molar-refractivity contribution in [3.8, 4) is 0 Å². The van der Waals surface area contributed by atoms with Crippen molar-refractivity contribution >= 4 is 33.1 Å². The van der Waals surface area contributed by atoms with Gasteiger partial charge in [0.15, 0.2) is 0 Å². The maximum atomic E-state index is 13.0. The van der Waals surface area contributed by atoms with Gasteiger partial charge in [-0.3, -0.25) is 4.79 Å². The van der Waals surface area contributed by atoms with Crippen molar-refractivity contribution in [2.24, 2.45) is 0 Å². The van der Waals surface area contributed by atoms with E-state index in [1.54, 1.807) is 0 Å². The van der Waals surface area contributed by atoms with Crippen molar-refractivity contribution < 1.29 is 4.79 Å². The van der Waals surface area contributed by atoms with Gasteiger partial charge in [0.25, 0.3) is 5.91 Å². The zero-order valence-electron chi connectivity index (χ0n) is 14.3. The summed E-state index contributed by atoms with van der Waals surface area (Å²) in [5.74, 6) is 0.0698. The molecule has 0 aliphatic heterocycles. The first-order valence-corrected chi connectivity index (χ1v) is 9.94. The molecule has 0 atom stereocenters. The predicted octanol–water partition coefficient (Wildman–Crippen LogP) is 4.16. The van der Waals surface area contributed by atoms with Crippen molar-refractivity contribution in [1.29, 1.82) is 0 Å². The van der Waals surface area contributed by atoms with E-state index in [1.165, 1.54) is 54.7 Å². The average molecular weight is 343 g/mol. The Morgan fingerprint density at radius 2 is 1.96 bits per heavy atom. The number of aromatic nitrogens is 1. The van der Waals surface area contributed by atoms with Crippen LogP contribution in [0.25, 0.3) is 10.2 Å². The molecular weight excluding hydrogens is 318 g/mol. The number of amides is 1. The third-order valence-electron chi connectivity index (χ3n) is 5.64. The summed E-state index contributed by atoms with van der Waals surface area (Å²) in [6.45, 7) is 0. The highest BCUT2D eigenvalue weighted by Crippen LogP contribution is 2.36. The molecule has 5 heteroatoms. The number of aryl methyl sites for hydroxylation is 2. The number of carbonyl (C=O) groups excluding carboxylic acids is 1. The molecule has 0 saturated heterocycles. The quantitative estimate of drug-likeness (QED) is 0.890. The summed E-state index contributed by atoms with van der Waals surface area (Å²) in [4.78, 5) is 21.3. The summed E-state index contributed by atoms with van der Waals surface area (Å²) >= 11 is 1.47. The normalized spacial score (nSPS) is 18.5. The van der Waals surface area contributed by atoms with Crippen LogP contribution in [0, 0.1) is 0 Å². The van der Waals surface area contributed by atoms with E-state index < -0.39 is 0 Å². The molecule has 4 nitrogen and oxygen atoms in total. The third-order valence-corrected chi connectivity index (χ3v) is 6.74. The molecule has 1 fully saturated rings. The summed E-state index contributed by atoms with van der Waals surface area (Å²) < 4.78 is 0. The first-order chi connectivity index (χ1) is 11.6. The molecule has 2 aromatic heterocycles. The van der Waals surface area contributed by atoms with Crippen LogP contribution in [-0.2, 0) is 12.8 Å². The summed E-state index contributed by atoms with van der Waals surface area (Å²) in [5.41, 5.74) is 9.51. The largest absolute Gasteiger partial charge is 0.397 e. The SMILES string of the molecule is CN(C(=O)c1sc2nc3c(cc2c1N)CCCC3)C1CCCCC1. The fourth-order valence-electron chi connectivity index (χ4n) is 4.11. The second kappa shape index (κ2) is 6.36. The lowest BCUT2D eigenvalue weighted by atomic mass is 9.94. The van der Waals surface area contributed by atoms with Crippen molar-refractivity contribution in [3.63, 3.8) is 0 Å². The Morgan fingerprint density at radius 1 is 1.21 bits per heavy atom. The molecule has 1 saturated carbocycles. The van der Waals surface area contributed by atoms with Gasteiger partial charge in [-0.1, -0.05) is 19.3 Å². The maximum absolute atomic E-state index is 13.0. The number of carbonyl (C=O) groups is 1. The highest BCUT2D eigenvalue weighted by molar-refractivity contribution is 7.21. The number of nitrogens with two attached hydrogens (primary N) is 1. The Balaban J connectivity index is 1.68. The molecule has 0 bridgehead atoms. The fourth-order valence-corrected chi connectivity index (χ4v) is 5.19. The summed E-state index contributed by atoms with van der Waals surface area (Å²) in [7, 11) is 1.93. The summed E-state index contributed by atoms with van der Waals surface area (Å²) in [6.07, 6.45) is 10.5. The molecule has 128 valence electrons. The maximum Gasteiger partial charge on any atom is 0.266 e. The van der Waals surface area contributed by atoms with E-state index in [9.17, 15) is 4.79 Å². The highest BCUT2D eigenvalue weighted by Gasteiger charge is 2.27. The summed E-state index contributed by atoms with van der Waals surface area (Å²) in [5, 5.41) is 0.973. The smallest absolute Gasteiger partial charge is 0.266 e. The fraction of sp³-hybridized carbons (Fsp3) is 0.579. The van der Waals surface area contributed by atoms with Crippen LogP contribution >= 0.6 is 11.3 Å². The minimum atomic E-state index is 0.0698. The molecule has 4 rings (SSSR count). The molecular formula is C19H25N3OS. The lowest BCUT2D eigenvalue weighted by Gasteiger charge is -2.31. The predicted molar refractivity (Wildman–Crippen MR) is 99.6 cm³/mol. The number of fused-ring (bicyclic) bond motifs is 2. The minimum Gasteiger partial charge on any atom is -0.397 e. The number of pyridine rings is 1. The van der Waals surface area contributed by atoms with Crippen LogP contribution in [0.2, 0.25) is 0 Å². The van der Waals surface area contributed by atoms with E-state index in [1.807, 2.05) is 11.9 Å².